The van der Waals surface area contributed by atoms with Crippen molar-refractivity contribution in [2.75, 3.05) is 0 Å². The van der Waals surface area contributed by atoms with Gasteiger partial charge in [0.15, 0.2) is 0 Å². The van der Waals surface area contributed by atoms with Crippen molar-refractivity contribution in [3.05, 3.63) is 20.1 Å². The summed E-state index contributed by atoms with van der Waals surface area (Å²) in [4.78, 5) is 8.24. The molecule has 0 aliphatic heterocycles. The molecule has 1 radical (unpaired) electrons. The molecule has 0 aliphatic carbocycles. The van der Waals surface area contributed by atoms with Gasteiger partial charge in [-0.1, -0.05) is 20.3 Å². The maximum atomic E-state index is 8.24. The molecule has 0 aromatic heterocycles. The fraction of sp³-hybridized carbons (Fsp3) is 0.455. The number of rotatable bonds is 2. The normalized spacial score (nSPS) is 4.39. The predicted octanol–water partition coefficient (Wildman–Crippen LogP) is 2.54. The maximum Gasteiger partial charge on any atom is 0 e. The van der Waals surface area contributed by atoms with E-state index in [-0.39, 0.29) is 40.1 Å². The fourth-order valence-corrected chi connectivity index (χ4v) is 0. The van der Waals surface area contributed by atoms with Crippen molar-refractivity contribution in [3.8, 4) is 0 Å². The Kier molecular flexibility index (Phi) is 174. The quantitative estimate of drug-likeness (QED) is 0.434. The van der Waals surface area contributed by atoms with Crippen LogP contribution in [0.3, 0.4) is 0 Å². The smallest absolute Gasteiger partial charge is 0 e. The summed E-state index contributed by atoms with van der Waals surface area (Å²) < 4.78 is 3.30. The Morgan fingerprint density at radius 1 is 1.44 bits per heavy atom. The van der Waals surface area contributed by atoms with Crippen molar-refractivity contribution >= 4 is 15.1 Å². The zero-order valence-corrected chi connectivity index (χ0v) is 24.6. The summed E-state index contributed by atoms with van der Waals surface area (Å²) in [5.74, 6) is 0. The molecule has 7 heteroatoms. The van der Waals surface area contributed by atoms with Crippen molar-refractivity contribution in [2.24, 2.45) is 0 Å². The third kappa shape index (κ3) is 180. The largest absolute Gasteiger partial charge is 0 e. The Morgan fingerprint density at radius 2 is 1.56 bits per heavy atom. The molecule has 1 N–H and O–H groups in total. The van der Waals surface area contributed by atoms with E-state index in [9.17, 15) is 0 Å². The average Bonchev–Trinajstić information content (AvgIpc) is 2.35. The van der Waals surface area contributed by atoms with Crippen LogP contribution in [0, 0.1) is 14.0 Å². The molecule has 0 aromatic rings. The van der Waals surface area contributed by atoms with E-state index in [2.05, 4.69) is 30.8 Å². The summed E-state index contributed by atoms with van der Waals surface area (Å²) in [6.45, 7) is 13.6. The van der Waals surface area contributed by atoms with Gasteiger partial charge in [-0.15, -0.1) is 0 Å². The van der Waals surface area contributed by atoms with E-state index in [1.165, 1.54) is 36.1 Å². The van der Waals surface area contributed by atoms with Gasteiger partial charge in [-0.05, 0) is 0 Å². The van der Waals surface area contributed by atoms with E-state index in [1.807, 2.05) is 18.2 Å². The van der Waals surface area contributed by atoms with E-state index in [1.54, 1.807) is 32.4 Å². The molecule has 106 valence electrons. The number of hydrogen-bond acceptors (Lipinski definition) is 1. The minimum absolute atomic E-state index is 0. The molecule has 0 saturated carbocycles. The molecular formula is C11H21O2VW3Y-3. The molecule has 2 nitrogen and oxygen atoms in total. The minimum Gasteiger partial charge on any atom is 0 e. The Hall–Kier alpha value is 2.70. The van der Waals surface area contributed by atoms with Crippen molar-refractivity contribution in [2.45, 2.75) is 34.1 Å². The molecule has 0 amide bonds. The Morgan fingerprint density at radius 3 is 1.56 bits per heavy atom. The van der Waals surface area contributed by atoms with Gasteiger partial charge in [0.1, 0.15) is 0 Å². The standard InChI is InChI=1S/C4H8.C3H3.C2H6.CHO2.CH3.V.3W.Y/c1-3-4-2;1-3-2;1-2;2-1-3;;;;;;/h3H2,1-2H3;1-3H;1-2H3;(H,2,3);1H3;;;;;/q;-1;;2*-1;;;;;. The van der Waals surface area contributed by atoms with Crippen LogP contribution < -0.4 is 0 Å². The van der Waals surface area contributed by atoms with Gasteiger partial charge in [0.2, 0.25) is 0 Å². The van der Waals surface area contributed by atoms with Gasteiger partial charge in [0, 0.05) is 32.7 Å². The van der Waals surface area contributed by atoms with Crippen LogP contribution in [-0.4, -0.2) is 20.2 Å². The molecular weight excluding hydrogens is 855 g/mol. The molecule has 0 aromatic carbocycles. The van der Waals surface area contributed by atoms with Gasteiger partial charge in [0.25, 0.3) is 0 Å². The zero-order chi connectivity index (χ0) is 14.4. The SMILES string of the molecule is CC.CC[C](C)=[V].O=[C-]O.[CH-]=C[CH]=[W].[CH3-].[W]=[W].[Y]. The summed E-state index contributed by atoms with van der Waals surface area (Å²) >= 11 is 7.26. The van der Waals surface area contributed by atoms with E-state index < -0.39 is 0 Å². The molecule has 0 rings (SSSR count). The first-order valence-corrected chi connectivity index (χ1v) is 17.7. The van der Waals surface area contributed by atoms with Crippen molar-refractivity contribution in [3.63, 3.8) is 0 Å². The third-order valence-electron chi connectivity index (χ3n) is 0.590. The van der Waals surface area contributed by atoms with Crippen molar-refractivity contribution in [1.29, 1.82) is 0 Å². The number of allylic oxidation sites excluding steroid dienone is 1. The first kappa shape index (κ1) is 42.8. The molecule has 18 heavy (non-hydrogen) atoms. The predicted molar refractivity (Wildman–Crippen MR) is 62.0 cm³/mol. The van der Waals surface area contributed by atoms with E-state index in [4.69, 9.17) is 16.5 Å². The van der Waals surface area contributed by atoms with E-state index in [0.29, 0.717) is 6.47 Å². The van der Waals surface area contributed by atoms with Crippen LogP contribution in [0.5, 0.6) is 0 Å². The summed E-state index contributed by atoms with van der Waals surface area (Å²) in [6.07, 6.45) is 2.73. The second-order valence-corrected chi connectivity index (χ2v) is 3.68. The van der Waals surface area contributed by atoms with Gasteiger partial charge >= 0.3 is 110 Å². The van der Waals surface area contributed by atoms with Crippen LogP contribution in [0.4, 0.5) is 0 Å². The molecule has 0 atom stereocenters. The van der Waals surface area contributed by atoms with Gasteiger partial charge in [0.05, 0.1) is 0 Å². The second-order valence-electron chi connectivity index (χ2n) is 1.51. The van der Waals surface area contributed by atoms with Crippen LogP contribution in [0.25, 0.3) is 0 Å². The maximum absolute atomic E-state index is 8.24. The molecule has 0 saturated heterocycles. The Bertz CT molecular complexity index is 153. The monoisotopic (exact) mass is 877 g/mol. The van der Waals surface area contributed by atoms with Gasteiger partial charge in [-0.25, -0.2) is 0 Å². The van der Waals surface area contributed by atoms with Gasteiger partial charge < -0.3 is 17.3 Å². The van der Waals surface area contributed by atoms with Crippen LogP contribution in [0.2, 0.25) is 0 Å². The number of aliphatic hydroxyl groups excluding tert-OH is 1. The molecule has 0 spiro atoms. The van der Waals surface area contributed by atoms with Crippen molar-refractivity contribution < 1.29 is 111 Å². The van der Waals surface area contributed by atoms with Crippen LogP contribution in [0.1, 0.15) is 34.1 Å². The third-order valence-corrected chi connectivity index (χ3v) is 1.65. The molecule has 0 fully saturated rings. The van der Waals surface area contributed by atoms with Crippen LogP contribution >= 0.6 is 0 Å². The van der Waals surface area contributed by atoms with Crippen molar-refractivity contribution in [1.82, 2.24) is 0 Å². The van der Waals surface area contributed by atoms with E-state index >= 15 is 0 Å². The minimum atomic E-state index is 0. The average molecular weight is 877 g/mol. The second kappa shape index (κ2) is 73.2. The Balaban J connectivity index is -0.0000000172. The summed E-state index contributed by atoms with van der Waals surface area (Å²) in [6, 6.07) is 0. The molecule has 0 unspecified atom stereocenters. The van der Waals surface area contributed by atoms with Gasteiger partial charge in [-0.3, -0.25) is 0 Å². The van der Waals surface area contributed by atoms with Crippen LogP contribution in [-0.2, 0) is 106 Å². The number of hydrogen-bond donors (Lipinski definition) is 1. The first-order chi connectivity index (χ1) is 7.60. The Labute approximate surface area is 178 Å². The zero-order valence-electron chi connectivity index (χ0n) is 11.5. The molecule has 0 heterocycles. The summed E-state index contributed by atoms with van der Waals surface area (Å²) in [7, 11) is 0. The van der Waals surface area contributed by atoms with Crippen LogP contribution in [0.15, 0.2) is 6.08 Å². The summed E-state index contributed by atoms with van der Waals surface area (Å²) in [5.41, 5.74) is 0. The fourth-order valence-electron chi connectivity index (χ4n) is 0. The summed E-state index contributed by atoms with van der Waals surface area (Å²) in [5, 5.41) is 6.76. The topological polar surface area (TPSA) is 37.3 Å². The molecule has 0 aliphatic rings. The van der Waals surface area contributed by atoms with E-state index in [0.717, 1.165) is 0 Å². The first-order valence-electron chi connectivity index (χ1n) is 4.28. The van der Waals surface area contributed by atoms with Gasteiger partial charge in [-0.2, -0.15) is 0 Å². The molecule has 0 bridgehead atoms.